The van der Waals surface area contributed by atoms with Gasteiger partial charge in [0.2, 0.25) is 0 Å². The first-order valence-corrected chi connectivity index (χ1v) is 11.6. The van der Waals surface area contributed by atoms with E-state index in [0.717, 1.165) is 11.3 Å². The minimum absolute atomic E-state index is 0.0757. The number of thioether (sulfide) groups is 1. The molecule has 0 N–H and O–H groups in total. The fourth-order valence-electron chi connectivity index (χ4n) is 3.37. The van der Waals surface area contributed by atoms with Crippen LogP contribution >= 0.6 is 11.8 Å². The Kier molecular flexibility index (Phi) is 5.16. The predicted octanol–water partition coefficient (Wildman–Crippen LogP) is 2.68. The quantitative estimate of drug-likeness (QED) is 0.763. The van der Waals surface area contributed by atoms with E-state index in [1.165, 1.54) is 11.8 Å². The number of hydrogen-bond acceptors (Lipinski definition) is 5. The molecule has 0 spiro atoms. The van der Waals surface area contributed by atoms with Gasteiger partial charge in [-0.25, -0.2) is 8.42 Å². The van der Waals surface area contributed by atoms with Crippen LogP contribution in [0.3, 0.4) is 0 Å². The molecule has 6 nitrogen and oxygen atoms in total. The fourth-order valence-corrected chi connectivity index (χ4v) is 7.30. The highest BCUT2D eigenvalue weighted by Gasteiger charge is 2.49. The van der Waals surface area contributed by atoms with Gasteiger partial charge in [-0.2, -0.15) is 4.99 Å². The van der Waals surface area contributed by atoms with Crippen molar-refractivity contribution in [2.24, 2.45) is 4.99 Å². The Hall–Kier alpha value is -2.32. The second-order valence-corrected chi connectivity index (χ2v) is 10.3. The minimum atomic E-state index is -3.08. The second-order valence-electron chi connectivity index (χ2n) is 6.90. The van der Waals surface area contributed by atoms with Gasteiger partial charge in [0, 0.05) is 10.9 Å². The van der Waals surface area contributed by atoms with E-state index < -0.39 is 15.7 Å². The smallest absolute Gasteiger partial charge is 0.285 e. The average Bonchev–Trinajstić information content (AvgIpc) is 3.12. The highest BCUT2D eigenvalue weighted by Crippen LogP contribution is 2.40. The summed E-state index contributed by atoms with van der Waals surface area (Å²) in [5, 5.41) is 0.420. The lowest BCUT2D eigenvalue weighted by Crippen LogP contribution is -2.37. The molecule has 0 saturated carbocycles. The van der Waals surface area contributed by atoms with Crippen LogP contribution in [0.5, 0.6) is 5.75 Å². The monoisotopic (exact) mass is 416 g/mol. The van der Waals surface area contributed by atoms with Crippen molar-refractivity contribution in [3.8, 4) is 5.75 Å². The molecule has 2 aromatic carbocycles. The number of carbonyl (C=O) groups is 1. The van der Waals surface area contributed by atoms with Gasteiger partial charge in [-0.3, -0.25) is 4.79 Å². The second kappa shape index (κ2) is 7.60. The van der Waals surface area contributed by atoms with Crippen LogP contribution in [0.15, 0.2) is 59.6 Å². The molecule has 2 aliphatic heterocycles. The van der Waals surface area contributed by atoms with Gasteiger partial charge in [-0.05, 0) is 31.2 Å². The average molecular weight is 417 g/mol. The summed E-state index contributed by atoms with van der Waals surface area (Å²) in [5.74, 6) is 0.393. The van der Waals surface area contributed by atoms with Crippen LogP contribution in [0.1, 0.15) is 5.56 Å². The lowest BCUT2D eigenvalue weighted by atomic mass is 10.1. The normalized spacial score (nSPS) is 24.3. The van der Waals surface area contributed by atoms with Crippen LogP contribution in [-0.2, 0) is 14.6 Å². The maximum atomic E-state index is 12.4. The van der Waals surface area contributed by atoms with Gasteiger partial charge in [-0.15, -0.1) is 0 Å². The fraction of sp³-hybridized carbons (Fsp3) is 0.300. The van der Waals surface area contributed by atoms with Gasteiger partial charge in [0.05, 0.1) is 17.5 Å². The lowest BCUT2D eigenvalue weighted by Gasteiger charge is -2.24. The maximum absolute atomic E-state index is 12.4. The molecule has 4 rings (SSSR count). The number of aryl methyl sites for hydroxylation is 1. The van der Waals surface area contributed by atoms with Gasteiger partial charge in [0.15, 0.2) is 21.6 Å². The van der Waals surface area contributed by atoms with E-state index in [4.69, 9.17) is 4.74 Å². The summed E-state index contributed by atoms with van der Waals surface area (Å²) in [4.78, 5) is 18.5. The van der Waals surface area contributed by atoms with Crippen molar-refractivity contribution in [3.63, 3.8) is 0 Å². The molecule has 0 radical (unpaired) electrons. The first-order valence-electron chi connectivity index (χ1n) is 8.94. The Morgan fingerprint density at radius 3 is 2.57 bits per heavy atom. The summed E-state index contributed by atoms with van der Waals surface area (Å²) in [6.45, 7) is 1.83. The number of sulfone groups is 1. The highest BCUT2D eigenvalue weighted by atomic mass is 32.2. The summed E-state index contributed by atoms with van der Waals surface area (Å²) in [7, 11) is -3.08. The third-order valence-corrected chi connectivity index (χ3v) is 7.91. The zero-order valence-electron chi connectivity index (χ0n) is 15.3. The molecule has 0 aromatic heterocycles. The summed E-state index contributed by atoms with van der Waals surface area (Å²) in [5.41, 5.74) is 1.95. The number of carbonyl (C=O) groups excluding carboxylic acids is 1. The molecule has 1 amide bonds. The van der Waals surface area contributed by atoms with Gasteiger partial charge in [0.1, 0.15) is 5.75 Å². The van der Waals surface area contributed by atoms with Crippen molar-refractivity contribution < 1.29 is 17.9 Å². The largest absolute Gasteiger partial charge is 0.484 e. The van der Waals surface area contributed by atoms with E-state index >= 15 is 0 Å². The van der Waals surface area contributed by atoms with E-state index in [2.05, 4.69) is 4.99 Å². The number of amidine groups is 1. The topological polar surface area (TPSA) is 76.0 Å². The first kappa shape index (κ1) is 19.0. The van der Waals surface area contributed by atoms with E-state index in [1.807, 2.05) is 54.3 Å². The Morgan fingerprint density at radius 1 is 1.14 bits per heavy atom. The molecule has 2 fully saturated rings. The van der Waals surface area contributed by atoms with E-state index in [1.54, 1.807) is 12.1 Å². The minimum Gasteiger partial charge on any atom is -0.484 e. The number of aliphatic imine (C=N–C) groups is 1. The van der Waals surface area contributed by atoms with E-state index in [0.29, 0.717) is 10.9 Å². The number of benzene rings is 2. The van der Waals surface area contributed by atoms with Gasteiger partial charge in [0.25, 0.3) is 5.91 Å². The van der Waals surface area contributed by atoms with Crippen LogP contribution in [0, 0.1) is 6.92 Å². The summed E-state index contributed by atoms with van der Waals surface area (Å²) >= 11 is 1.36. The van der Waals surface area contributed by atoms with Crippen molar-refractivity contribution in [2.75, 3.05) is 23.0 Å². The maximum Gasteiger partial charge on any atom is 0.285 e. The molecule has 28 heavy (non-hydrogen) atoms. The predicted molar refractivity (Wildman–Crippen MR) is 112 cm³/mol. The standard InChI is InChI=1S/C20H20N2O4S2/c1-14-7-9-15(10-8-14)22-17-12-28(24,25)13-18(17)27-20(22)21-19(23)11-26-16-5-3-2-4-6-16/h2-10,17-18H,11-13H2,1H3/t17-,18-/m1/s1. The Morgan fingerprint density at radius 2 is 1.86 bits per heavy atom. The number of fused-ring (bicyclic) bond motifs is 1. The molecule has 146 valence electrons. The first-order chi connectivity index (χ1) is 13.4. The molecule has 2 aliphatic rings. The van der Waals surface area contributed by atoms with Crippen LogP contribution in [-0.4, -0.2) is 48.9 Å². The zero-order chi connectivity index (χ0) is 19.7. The van der Waals surface area contributed by atoms with Crippen LogP contribution < -0.4 is 9.64 Å². The number of nitrogens with zero attached hydrogens (tertiary/aromatic N) is 2. The van der Waals surface area contributed by atoms with E-state index in [9.17, 15) is 13.2 Å². The molecule has 2 aromatic rings. The van der Waals surface area contributed by atoms with Crippen molar-refractivity contribution in [1.82, 2.24) is 0 Å². The number of para-hydroxylation sites is 1. The van der Waals surface area contributed by atoms with Gasteiger partial charge in [-0.1, -0.05) is 47.7 Å². The van der Waals surface area contributed by atoms with Crippen LogP contribution in [0.2, 0.25) is 0 Å². The third kappa shape index (κ3) is 4.07. The third-order valence-electron chi connectivity index (χ3n) is 4.70. The molecular formula is C20H20N2O4S2. The summed E-state index contributed by atoms with van der Waals surface area (Å²) in [6.07, 6.45) is 0. The molecule has 2 heterocycles. The molecule has 8 heteroatoms. The molecule has 0 unspecified atom stereocenters. The Bertz CT molecular complexity index is 1000. The van der Waals surface area contributed by atoms with Crippen LogP contribution in [0.4, 0.5) is 5.69 Å². The lowest BCUT2D eigenvalue weighted by molar-refractivity contribution is -0.119. The van der Waals surface area contributed by atoms with Crippen molar-refractivity contribution >= 4 is 38.4 Å². The number of anilines is 1. The number of amides is 1. The van der Waals surface area contributed by atoms with Gasteiger partial charge < -0.3 is 9.64 Å². The van der Waals surface area contributed by atoms with Crippen molar-refractivity contribution in [2.45, 2.75) is 18.2 Å². The summed E-state index contributed by atoms with van der Waals surface area (Å²) < 4.78 is 29.7. The van der Waals surface area contributed by atoms with Gasteiger partial charge >= 0.3 is 0 Å². The molecule has 2 saturated heterocycles. The summed E-state index contributed by atoms with van der Waals surface area (Å²) in [6, 6.07) is 16.7. The molecule has 0 aliphatic carbocycles. The van der Waals surface area contributed by atoms with Crippen molar-refractivity contribution in [1.29, 1.82) is 0 Å². The van der Waals surface area contributed by atoms with E-state index in [-0.39, 0.29) is 29.4 Å². The highest BCUT2D eigenvalue weighted by molar-refractivity contribution is 8.16. The SMILES string of the molecule is Cc1ccc(N2C(=NC(=O)COc3ccccc3)S[C@@H]3CS(=O)(=O)C[C@H]32)cc1. The molecule has 2 atom stereocenters. The number of hydrogen-bond donors (Lipinski definition) is 0. The number of ether oxygens (including phenoxy) is 1. The molecular weight excluding hydrogens is 396 g/mol. The molecule has 0 bridgehead atoms. The number of rotatable bonds is 4. The van der Waals surface area contributed by atoms with Crippen molar-refractivity contribution in [3.05, 3.63) is 60.2 Å². The van der Waals surface area contributed by atoms with Crippen LogP contribution in [0.25, 0.3) is 0 Å². The zero-order valence-corrected chi connectivity index (χ0v) is 16.9. The Balaban J connectivity index is 1.56. The Labute approximate surface area is 168 Å².